The van der Waals surface area contributed by atoms with Crippen molar-refractivity contribution in [2.75, 3.05) is 11.9 Å². The first-order valence-corrected chi connectivity index (χ1v) is 4.21. The van der Waals surface area contributed by atoms with Gasteiger partial charge in [-0.1, -0.05) is 6.58 Å². The maximum Gasteiger partial charge on any atom is 0.332 e. The summed E-state index contributed by atoms with van der Waals surface area (Å²) in [6.07, 6.45) is 0. The number of benzene rings is 1. The molecule has 0 aliphatic carbocycles. The third-order valence-corrected chi connectivity index (χ3v) is 1.79. The van der Waals surface area contributed by atoms with E-state index >= 15 is 0 Å². The molecule has 0 aliphatic heterocycles. The molecule has 86 valence electrons. The van der Waals surface area contributed by atoms with E-state index in [1.807, 2.05) is 0 Å². The lowest BCUT2D eigenvalue weighted by molar-refractivity contribution is -0.132. The third kappa shape index (κ3) is 2.75. The second kappa shape index (κ2) is 4.69. The highest BCUT2D eigenvalue weighted by Crippen LogP contribution is 2.19. The van der Waals surface area contributed by atoms with Gasteiger partial charge in [0.2, 0.25) is 0 Å². The Morgan fingerprint density at radius 1 is 1.38 bits per heavy atom. The number of halogens is 3. The molecular formula is C10H8F3NO2. The van der Waals surface area contributed by atoms with Gasteiger partial charge in [-0.2, -0.15) is 0 Å². The van der Waals surface area contributed by atoms with Crippen LogP contribution < -0.4 is 5.32 Å². The topological polar surface area (TPSA) is 49.3 Å². The van der Waals surface area contributed by atoms with Gasteiger partial charge in [0.15, 0.2) is 11.6 Å². The van der Waals surface area contributed by atoms with Crippen LogP contribution in [0.15, 0.2) is 24.3 Å². The Bertz CT molecular complexity index is 446. The van der Waals surface area contributed by atoms with Gasteiger partial charge in [-0.15, -0.1) is 0 Å². The van der Waals surface area contributed by atoms with Crippen molar-refractivity contribution in [1.29, 1.82) is 0 Å². The quantitative estimate of drug-likeness (QED) is 0.616. The monoisotopic (exact) mass is 231 g/mol. The summed E-state index contributed by atoms with van der Waals surface area (Å²) < 4.78 is 38.5. The average Bonchev–Trinajstić information content (AvgIpc) is 2.20. The molecule has 1 aromatic carbocycles. The molecule has 0 fully saturated rings. The number of anilines is 1. The first kappa shape index (κ1) is 12.1. The van der Waals surface area contributed by atoms with E-state index in [9.17, 15) is 18.0 Å². The Balaban J connectivity index is 2.82. The highest BCUT2D eigenvalue weighted by molar-refractivity contribution is 5.86. The van der Waals surface area contributed by atoms with Crippen LogP contribution in [-0.2, 0) is 4.79 Å². The predicted octanol–water partition coefficient (Wildman–Crippen LogP) is 2.16. The number of carboxylic acid groups (broad SMARTS) is 1. The van der Waals surface area contributed by atoms with E-state index in [-0.39, 0.29) is 12.1 Å². The SMILES string of the molecule is C=C(CNc1cc(F)cc(F)c1F)C(=O)O. The number of hydrogen-bond donors (Lipinski definition) is 2. The molecule has 0 radical (unpaired) electrons. The van der Waals surface area contributed by atoms with Gasteiger partial charge >= 0.3 is 5.97 Å². The summed E-state index contributed by atoms with van der Waals surface area (Å²) in [5.41, 5.74) is -0.691. The van der Waals surface area contributed by atoms with Crippen molar-refractivity contribution < 1.29 is 23.1 Å². The van der Waals surface area contributed by atoms with Gasteiger partial charge in [-0.25, -0.2) is 18.0 Å². The number of carbonyl (C=O) groups is 1. The first-order chi connectivity index (χ1) is 7.41. The Hall–Kier alpha value is -1.98. The maximum atomic E-state index is 13.1. The molecule has 1 rings (SSSR count). The zero-order valence-electron chi connectivity index (χ0n) is 8.06. The van der Waals surface area contributed by atoms with Crippen molar-refractivity contribution in [2.24, 2.45) is 0 Å². The Kier molecular flexibility index (Phi) is 3.55. The molecule has 1 aromatic rings. The van der Waals surface area contributed by atoms with Crippen LogP contribution in [0.1, 0.15) is 0 Å². The lowest BCUT2D eigenvalue weighted by Crippen LogP contribution is -2.12. The number of rotatable bonds is 4. The minimum atomic E-state index is -1.34. The fraction of sp³-hybridized carbons (Fsp3) is 0.100. The number of hydrogen-bond acceptors (Lipinski definition) is 2. The van der Waals surface area contributed by atoms with Gasteiger partial charge in [-0.3, -0.25) is 0 Å². The van der Waals surface area contributed by atoms with E-state index in [0.717, 1.165) is 6.07 Å². The second-order valence-electron chi connectivity index (χ2n) is 3.01. The molecule has 0 heterocycles. The van der Waals surface area contributed by atoms with Crippen LogP contribution in [0.4, 0.5) is 18.9 Å². The molecule has 16 heavy (non-hydrogen) atoms. The van der Waals surface area contributed by atoms with E-state index in [4.69, 9.17) is 5.11 Å². The normalized spacial score (nSPS) is 9.94. The van der Waals surface area contributed by atoms with Crippen molar-refractivity contribution in [1.82, 2.24) is 0 Å². The van der Waals surface area contributed by atoms with E-state index in [1.54, 1.807) is 0 Å². The minimum Gasteiger partial charge on any atom is -0.478 e. The summed E-state index contributed by atoms with van der Waals surface area (Å²) in [5.74, 6) is -4.84. The van der Waals surface area contributed by atoms with Crippen LogP contribution in [-0.4, -0.2) is 17.6 Å². The molecule has 0 amide bonds. The van der Waals surface area contributed by atoms with E-state index in [1.165, 1.54) is 0 Å². The van der Waals surface area contributed by atoms with Gasteiger partial charge in [0.25, 0.3) is 0 Å². The third-order valence-electron chi connectivity index (χ3n) is 1.79. The Labute approximate surface area is 89.2 Å². The molecule has 0 aliphatic rings. The molecule has 0 saturated carbocycles. The molecule has 0 bridgehead atoms. The molecule has 0 atom stereocenters. The van der Waals surface area contributed by atoms with Gasteiger partial charge in [-0.05, 0) is 0 Å². The molecule has 0 aromatic heterocycles. The van der Waals surface area contributed by atoms with E-state index < -0.39 is 29.1 Å². The number of carboxylic acids is 1. The zero-order chi connectivity index (χ0) is 12.3. The van der Waals surface area contributed by atoms with E-state index in [2.05, 4.69) is 11.9 Å². The first-order valence-electron chi connectivity index (χ1n) is 4.21. The molecule has 3 nitrogen and oxygen atoms in total. The molecule has 0 spiro atoms. The van der Waals surface area contributed by atoms with Crippen molar-refractivity contribution in [3.05, 3.63) is 41.7 Å². The average molecular weight is 231 g/mol. The largest absolute Gasteiger partial charge is 0.478 e. The second-order valence-corrected chi connectivity index (χ2v) is 3.01. The Morgan fingerprint density at radius 2 is 2.00 bits per heavy atom. The Morgan fingerprint density at radius 3 is 2.56 bits per heavy atom. The molecule has 0 saturated heterocycles. The standard InChI is InChI=1S/C10H8F3NO2/c1-5(10(15)16)4-14-8-3-6(11)2-7(12)9(8)13/h2-3,14H,1,4H2,(H,15,16). The zero-order valence-corrected chi connectivity index (χ0v) is 8.06. The highest BCUT2D eigenvalue weighted by Gasteiger charge is 2.12. The van der Waals surface area contributed by atoms with Crippen LogP contribution >= 0.6 is 0 Å². The maximum absolute atomic E-state index is 13.1. The van der Waals surface area contributed by atoms with Crippen LogP contribution in [0.2, 0.25) is 0 Å². The minimum absolute atomic E-state index is 0.246. The summed E-state index contributed by atoms with van der Waals surface area (Å²) in [5, 5.41) is 10.7. The lowest BCUT2D eigenvalue weighted by atomic mass is 10.2. The molecule has 0 unspecified atom stereocenters. The van der Waals surface area contributed by atoms with Crippen molar-refractivity contribution in [2.45, 2.75) is 0 Å². The molecule has 2 N–H and O–H groups in total. The summed E-state index contributed by atoms with van der Waals surface area (Å²) in [4.78, 5) is 10.4. The van der Waals surface area contributed by atoms with Crippen LogP contribution in [0.5, 0.6) is 0 Å². The lowest BCUT2D eigenvalue weighted by Gasteiger charge is -2.07. The molecular weight excluding hydrogens is 223 g/mol. The summed E-state index contributed by atoms with van der Waals surface area (Å²) in [7, 11) is 0. The fourth-order valence-corrected chi connectivity index (χ4v) is 0.962. The fourth-order valence-electron chi connectivity index (χ4n) is 0.962. The van der Waals surface area contributed by atoms with Crippen molar-refractivity contribution in [3.63, 3.8) is 0 Å². The van der Waals surface area contributed by atoms with Crippen LogP contribution in [0.3, 0.4) is 0 Å². The van der Waals surface area contributed by atoms with Gasteiger partial charge in [0.05, 0.1) is 5.69 Å². The van der Waals surface area contributed by atoms with E-state index in [0.29, 0.717) is 6.07 Å². The van der Waals surface area contributed by atoms with Crippen LogP contribution in [0, 0.1) is 17.5 Å². The number of aliphatic carboxylic acids is 1. The highest BCUT2D eigenvalue weighted by atomic mass is 19.2. The number of nitrogens with one attached hydrogen (secondary N) is 1. The smallest absolute Gasteiger partial charge is 0.332 e. The summed E-state index contributed by atoms with van der Waals surface area (Å²) in [6.45, 7) is 2.86. The summed E-state index contributed by atoms with van der Waals surface area (Å²) in [6, 6.07) is 1.13. The van der Waals surface area contributed by atoms with Gasteiger partial charge in [0, 0.05) is 24.3 Å². The van der Waals surface area contributed by atoms with Crippen LogP contribution in [0.25, 0.3) is 0 Å². The van der Waals surface area contributed by atoms with Crippen molar-refractivity contribution >= 4 is 11.7 Å². The van der Waals surface area contributed by atoms with Gasteiger partial charge in [0.1, 0.15) is 5.82 Å². The van der Waals surface area contributed by atoms with Crippen molar-refractivity contribution in [3.8, 4) is 0 Å². The summed E-state index contributed by atoms with van der Waals surface area (Å²) >= 11 is 0. The van der Waals surface area contributed by atoms with Gasteiger partial charge < -0.3 is 10.4 Å². The molecule has 6 heteroatoms. The predicted molar refractivity (Wildman–Crippen MR) is 51.6 cm³/mol.